The molecule has 1 aromatic rings. The second-order valence-corrected chi connectivity index (χ2v) is 3.12. The largest absolute Gasteiger partial charge is 0.228 e. The SMILES string of the molecule is CC1CN(N=O)c2ccccc21. The highest BCUT2D eigenvalue weighted by atomic mass is 16.3. The van der Waals surface area contributed by atoms with Gasteiger partial charge < -0.3 is 0 Å². The van der Waals surface area contributed by atoms with Gasteiger partial charge in [0.25, 0.3) is 0 Å². The van der Waals surface area contributed by atoms with Crippen molar-refractivity contribution in [2.75, 3.05) is 11.6 Å². The summed E-state index contributed by atoms with van der Waals surface area (Å²) in [6, 6.07) is 7.89. The fourth-order valence-corrected chi connectivity index (χ4v) is 1.67. The molecular formula is C9H10N2O. The van der Waals surface area contributed by atoms with Crippen LogP contribution >= 0.6 is 0 Å². The third-order valence-corrected chi connectivity index (χ3v) is 2.29. The highest BCUT2D eigenvalue weighted by Gasteiger charge is 2.25. The van der Waals surface area contributed by atoms with Crippen LogP contribution in [0.2, 0.25) is 0 Å². The fourth-order valence-electron chi connectivity index (χ4n) is 1.67. The van der Waals surface area contributed by atoms with Crippen molar-refractivity contribution in [3.05, 3.63) is 34.7 Å². The Balaban J connectivity index is 2.49. The molecule has 0 bridgehead atoms. The van der Waals surface area contributed by atoms with Gasteiger partial charge in [-0.3, -0.25) is 0 Å². The number of hydrogen-bond donors (Lipinski definition) is 0. The lowest BCUT2D eigenvalue weighted by Crippen LogP contribution is -2.12. The first-order valence-electron chi connectivity index (χ1n) is 4.02. The minimum absolute atomic E-state index is 0.416. The van der Waals surface area contributed by atoms with E-state index in [2.05, 4.69) is 12.2 Å². The van der Waals surface area contributed by atoms with Crippen LogP contribution < -0.4 is 5.01 Å². The Kier molecular flexibility index (Phi) is 1.57. The standard InChI is InChI=1S/C9H10N2O/c1-7-6-11(10-12)9-5-3-2-4-8(7)9/h2-5,7H,6H2,1H3. The number of nitroso groups, excluding NO2 is 1. The molecule has 1 aliphatic heterocycles. The molecule has 1 atom stereocenters. The van der Waals surface area contributed by atoms with E-state index in [1.54, 1.807) is 0 Å². The van der Waals surface area contributed by atoms with Crippen LogP contribution in [0.25, 0.3) is 0 Å². The Morgan fingerprint density at radius 3 is 3.00 bits per heavy atom. The quantitative estimate of drug-likeness (QED) is 0.593. The molecule has 1 aromatic carbocycles. The van der Waals surface area contributed by atoms with Gasteiger partial charge in [0, 0.05) is 5.92 Å². The summed E-state index contributed by atoms with van der Waals surface area (Å²) in [5, 5.41) is 4.48. The zero-order chi connectivity index (χ0) is 8.55. The molecule has 3 heteroatoms. The van der Waals surface area contributed by atoms with E-state index in [1.165, 1.54) is 10.6 Å². The van der Waals surface area contributed by atoms with Crippen molar-refractivity contribution in [1.82, 2.24) is 0 Å². The van der Waals surface area contributed by atoms with Gasteiger partial charge in [-0.1, -0.05) is 25.1 Å². The number of rotatable bonds is 1. The van der Waals surface area contributed by atoms with Gasteiger partial charge in [0.05, 0.1) is 17.5 Å². The lowest BCUT2D eigenvalue weighted by Gasteiger charge is -2.05. The fraction of sp³-hybridized carbons (Fsp3) is 0.333. The second kappa shape index (κ2) is 2.59. The van der Waals surface area contributed by atoms with Crippen molar-refractivity contribution in [2.45, 2.75) is 12.8 Å². The predicted octanol–water partition coefficient (Wildman–Crippen LogP) is 2.29. The van der Waals surface area contributed by atoms with Crippen LogP contribution in [0.4, 0.5) is 5.69 Å². The molecule has 0 N–H and O–H groups in total. The lowest BCUT2D eigenvalue weighted by molar-refractivity contribution is 0.767. The first kappa shape index (κ1) is 7.28. The summed E-state index contributed by atoms with van der Waals surface area (Å²) >= 11 is 0. The molecule has 1 heterocycles. The molecule has 2 rings (SSSR count). The average molecular weight is 162 g/mol. The maximum Gasteiger partial charge on any atom is 0.0661 e. The van der Waals surface area contributed by atoms with Crippen molar-refractivity contribution >= 4 is 5.69 Å². The van der Waals surface area contributed by atoms with Gasteiger partial charge in [-0.25, -0.2) is 5.01 Å². The van der Waals surface area contributed by atoms with Gasteiger partial charge in [0.15, 0.2) is 0 Å². The van der Waals surface area contributed by atoms with Crippen LogP contribution in [0.1, 0.15) is 18.4 Å². The van der Waals surface area contributed by atoms with E-state index in [4.69, 9.17) is 0 Å². The van der Waals surface area contributed by atoms with Gasteiger partial charge in [0.2, 0.25) is 0 Å². The van der Waals surface area contributed by atoms with Gasteiger partial charge in [0.1, 0.15) is 0 Å². The van der Waals surface area contributed by atoms with Gasteiger partial charge in [-0.05, 0) is 11.6 Å². The Labute approximate surface area is 70.9 Å². The molecule has 0 radical (unpaired) electrons. The molecular weight excluding hydrogens is 152 g/mol. The van der Waals surface area contributed by atoms with Crippen molar-refractivity contribution in [2.24, 2.45) is 5.29 Å². The van der Waals surface area contributed by atoms with E-state index in [0.29, 0.717) is 12.5 Å². The Bertz CT molecular complexity index is 311. The number of para-hydroxylation sites is 1. The monoisotopic (exact) mass is 162 g/mol. The summed E-state index contributed by atoms with van der Waals surface area (Å²) in [6.45, 7) is 2.81. The average Bonchev–Trinajstić information content (AvgIpc) is 2.44. The number of benzene rings is 1. The molecule has 1 aliphatic rings. The summed E-state index contributed by atoms with van der Waals surface area (Å²) in [4.78, 5) is 10.4. The Hall–Kier alpha value is -1.38. The van der Waals surface area contributed by atoms with E-state index in [0.717, 1.165) is 5.69 Å². The first-order chi connectivity index (χ1) is 5.83. The topological polar surface area (TPSA) is 32.7 Å². The number of hydrogen-bond acceptors (Lipinski definition) is 2. The van der Waals surface area contributed by atoms with Crippen molar-refractivity contribution in [1.29, 1.82) is 0 Å². The lowest BCUT2D eigenvalue weighted by atomic mass is 10.0. The van der Waals surface area contributed by atoms with E-state index >= 15 is 0 Å². The maximum absolute atomic E-state index is 10.4. The molecule has 1 unspecified atom stereocenters. The van der Waals surface area contributed by atoms with Gasteiger partial charge in [-0.2, -0.15) is 0 Å². The maximum atomic E-state index is 10.4. The molecule has 0 aliphatic carbocycles. The molecule has 0 fully saturated rings. The van der Waals surface area contributed by atoms with E-state index < -0.39 is 0 Å². The van der Waals surface area contributed by atoms with Crippen LogP contribution in [-0.4, -0.2) is 6.54 Å². The van der Waals surface area contributed by atoms with Crippen LogP contribution in [0.5, 0.6) is 0 Å². The summed E-state index contributed by atoms with van der Waals surface area (Å²) in [5.41, 5.74) is 2.18. The highest BCUT2D eigenvalue weighted by molar-refractivity contribution is 5.58. The van der Waals surface area contributed by atoms with E-state index in [9.17, 15) is 4.91 Å². The summed E-state index contributed by atoms with van der Waals surface area (Å²) < 4.78 is 0. The Morgan fingerprint density at radius 2 is 2.25 bits per heavy atom. The summed E-state index contributed by atoms with van der Waals surface area (Å²) in [7, 11) is 0. The summed E-state index contributed by atoms with van der Waals surface area (Å²) in [6.07, 6.45) is 0. The van der Waals surface area contributed by atoms with E-state index in [-0.39, 0.29) is 0 Å². The minimum atomic E-state index is 0.416. The zero-order valence-electron chi connectivity index (χ0n) is 6.90. The molecule has 0 amide bonds. The number of nitrogens with zero attached hydrogens (tertiary/aromatic N) is 2. The molecule has 12 heavy (non-hydrogen) atoms. The van der Waals surface area contributed by atoms with Crippen molar-refractivity contribution < 1.29 is 0 Å². The smallest absolute Gasteiger partial charge is 0.0661 e. The molecule has 3 nitrogen and oxygen atoms in total. The third kappa shape index (κ3) is 0.897. The van der Waals surface area contributed by atoms with Gasteiger partial charge in [-0.15, -0.1) is 4.91 Å². The van der Waals surface area contributed by atoms with Crippen molar-refractivity contribution in [3.8, 4) is 0 Å². The van der Waals surface area contributed by atoms with Gasteiger partial charge >= 0.3 is 0 Å². The first-order valence-corrected chi connectivity index (χ1v) is 4.02. The third-order valence-electron chi connectivity index (χ3n) is 2.29. The molecule has 0 saturated heterocycles. The van der Waals surface area contributed by atoms with Crippen LogP contribution in [0, 0.1) is 4.91 Å². The molecule has 62 valence electrons. The highest BCUT2D eigenvalue weighted by Crippen LogP contribution is 2.35. The van der Waals surface area contributed by atoms with E-state index in [1.807, 2.05) is 24.3 Å². The normalized spacial score (nSPS) is 20.8. The minimum Gasteiger partial charge on any atom is -0.228 e. The summed E-state index contributed by atoms with van der Waals surface area (Å²) in [5.74, 6) is 0.416. The molecule has 0 spiro atoms. The zero-order valence-corrected chi connectivity index (χ0v) is 6.90. The predicted molar refractivity (Wildman–Crippen MR) is 48.0 cm³/mol. The number of anilines is 1. The molecule has 0 saturated carbocycles. The second-order valence-electron chi connectivity index (χ2n) is 3.12. The van der Waals surface area contributed by atoms with Crippen molar-refractivity contribution in [3.63, 3.8) is 0 Å². The van der Waals surface area contributed by atoms with Crippen LogP contribution in [-0.2, 0) is 0 Å². The Morgan fingerprint density at radius 1 is 1.50 bits per heavy atom. The van der Waals surface area contributed by atoms with Crippen LogP contribution in [0.3, 0.4) is 0 Å². The van der Waals surface area contributed by atoms with Crippen LogP contribution in [0.15, 0.2) is 29.6 Å². The number of fused-ring (bicyclic) bond motifs is 1. The molecule has 0 aromatic heterocycles.